The average molecular weight is 295 g/mol. The number of hydrogen-bond donors (Lipinski definition) is 0. The van der Waals surface area contributed by atoms with E-state index in [-0.39, 0.29) is 5.78 Å². The number of ketones is 1. The molecule has 4 heteroatoms. The summed E-state index contributed by atoms with van der Waals surface area (Å²) in [5.74, 6) is 1.44. The van der Waals surface area contributed by atoms with Crippen molar-refractivity contribution < 1.29 is 14.3 Å². The number of aryl methyl sites for hydroxylation is 1. The van der Waals surface area contributed by atoms with E-state index in [0.717, 1.165) is 40.9 Å². The fourth-order valence-electron chi connectivity index (χ4n) is 2.62. The van der Waals surface area contributed by atoms with Crippen molar-refractivity contribution in [3.05, 3.63) is 58.8 Å². The smallest absolute Gasteiger partial charge is 0.212 e. The molecular formula is C18H17NO3. The number of rotatable bonds is 3. The fourth-order valence-corrected chi connectivity index (χ4v) is 2.62. The number of carbonyl (C=O) groups excluding carboxylic acids is 1. The van der Waals surface area contributed by atoms with Crippen LogP contribution in [0.5, 0.6) is 11.6 Å². The minimum Gasteiger partial charge on any atom is -0.497 e. The van der Waals surface area contributed by atoms with Crippen molar-refractivity contribution in [2.75, 3.05) is 14.2 Å². The van der Waals surface area contributed by atoms with Gasteiger partial charge in [-0.3, -0.25) is 4.79 Å². The molecule has 1 aliphatic carbocycles. The summed E-state index contributed by atoms with van der Waals surface area (Å²) >= 11 is 0. The zero-order chi connectivity index (χ0) is 15.5. The molecule has 0 aliphatic heterocycles. The van der Waals surface area contributed by atoms with Gasteiger partial charge in [-0.15, -0.1) is 0 Å². The van der Waals surface area contributed by atoms with Gasteiger partial charge in [-0.25, -0.2) is 4.98 Å². The third-order valence-corrected chi connectivity index (χ3v) is 3.82. The molecular weight excluding hydrogens is 278 g/mol. The van der Waals surface area contributed by atoms with Gasteiger partial charge in [0.15, 0.2) is 5.78 Å². The topological polar surface area (TPSA) is 48.4 Å². The van der Waals surface area contributed by atoms with Crippen molar-refractivity contribution in [3.63, 3.8) is 0 Å². The number of benzene rings is 1. The van der Waals surface area contributed by atoms with Gasteiger partial charge in [0.2, 0.25) is 5.88 Å². The minimum absolute atomic E-state index is 0.0831. The predicted molar refractivity (Wildman–Crippen MR) is 84.4 cm³/mol. The average Bonchev–Trinajstić information content (AvgIpc) is 2.57. The van der Waals surface area contributed by atoms with E-state index in [4.69, 9.17) is 9.47 Å². The minimum atomic E-state index is 0.0831. The first-order valence-corrected chi connectivity index (χ1v) is 7.13. The molecule has 22 heavy (non-hydrogen) atoms. The number of fused-ring (bicyclic) bond motifs is 1. The lowest BCUT2D eigenvalue weighted by Crippen LogP contribution is -2.14. The summed E-state index contributed by atoms with van der Waals surface area (Å²) in [7, 11) is 3.21. The Balaban J connectivity index is 1.89. The van der Waals surface area contributed by atoms with Gasteiger partial charge in [0, 0.05) is 23.4 Å². The van der Waals surface area contributed by atoms with Crippen molar-refractivity contribution in [3.8, 4) is 11.6 Å². The molecule has 112 valence electrons. The maximum absolute atomic E-state index is 12.6. The summed E-state index contributed by atoms with van der Waals surface area (Å²) < 4.78 is 10.3. The Labute approximate surface area is 129 Å². The first-order valence-electron chi connectivity index (χ1n) is 7.13. The summed E-state index contributed by atoms with van der Waals surface area (Å²) in [6.07, 6.45) is 5.18. The molecule has 0 bridgehead atoms. The summed E-state index contributed by atoms with van der Waals surface area (Å²) in [5.41, 5.74) is 3.53. The van der Waals surface area contributed by atoms with Crippen LogP contribution in [0, 0.1) is 0 Å². The van der Waals surface area contributed by atoms with E-state index in [1.165, 1.54) is 0 Å². The summed E-state index contributed by atoms with van der Waals surface area (Å²) in [5, 5.41) is 0. The molecule has 0 spiro atoms. The number of aromatic nitrogens is 1. The zero-order valence-corrected chi connectivity index (χ0v) is 12.6. The number of Topliss-reactive ketones (excluding diaryl/α,β-unsaturated/α-hetero) is 1. The third-order valence-electron chi connectivity index (χ3n) is 3.82. The summed E-state index contributed by atoms with van der Waals surface area (Å²) in [4.78, 5) is 16.7. The standard InChI is InChI=1S/C18H17NO3/c1-21-15-6-7-16-13(10-15)4-5-14(18(16)20)9-12-3-8-17(22-2)19-11-12/h3,6-11H,4-5H2,1-2H3. The van der Waals surface area contributed by atoms with E-state index in [9.17, 15) is 4.79 Å². The number of nitrogens with zero attached hydrogens (tertiary/aromatic N) is 1. The Morgan fingerprint density at radius 1 is 1.09 bits per heavy atom. The Morgan fingerprint density at radius 2 is 1.95 bits per heavy atom. The van der Waals surface area contributed by atoms with E-state index in [2.05, 4.69) is 4.98 Å². The molecule has 0 fully saturated rings. The van der Waals surface area contributed by atoms with Crippen LogP contribution in [0.2, 0.25) is 0 Å². The molecule has 2 aromatic rings. The molecule has 0 saturated carbocycles. The molecule has 0 unspecified atom stereocenters. The Kier molecular flexibility index (Phi) is 3.92. The quantitative estimate of drug-likeness (QED) is 0.815. The predicted octanol–water partition coefficient (Wildman–Crippen LogP) is 3.31. The van der Waals surface area contributed by atoms with E-state index in [0.29, 0.717) is 5.88 Å². The summed E-state index contributed by atoms with van der Waals surface area (Å²) in [6.45, 7) is 0. The molecule has 3 rings (SSSR count). The lowest BCUT2D eigenvalue weighted by Gasteiger charge is -2.18. The normalized spacial score (nSPS) is 15.5. The van der Waals surface area contributed by atoms with Gasteiger partial charge in [-0.1, -0.05) is 0 Å². The van der Waals surface area contributed by atoms with E-state index < -0.39 is 0 Å². The first-order chi connectivity index (χ1) is 10.7. The number of methoxy groups -OCH3 is 2. The Morgan fingerprint density at radius 3 is 2.64 bits per heavy atom. The van der Waals surface area contributed by atoms with Crippen LogP contribution in [0.1, 0.15) is 27.9 Å². The second kappa shape index (κ2) is 6.02. The largest absolute Gasteiger partial charge is 0.497 e. The summed E-state index contributed by atoms with van der Waals surface area (Å²) in [6, 6.07) is 9.30. The first kappa shape index (κ1) is 14.3. The number of allylic oxidation sites excluding steroid dienone is 1. The molecule has 0 radical (unpaired) electrons. The van der Waals surface area contributed by atoms with Crippen LogP contribution in [0.4, 0.5) is 0 Å². The number of pyridine rings is 1. The van der Waals surface area contributed by atoms with E-state index in [1.54, 1.807) is 26.5 Å². The third kappa shape index (κ3) is 2.72. The van der Waals surface area contributed by atoms with Crippen molar-refractivity contribution in [2.45, 2.75) is 12.8 Å². The fraction of sp³-hybridized carbons (Fsp3) is 0.222. The van der Waals surface area contributed by atoms with Gasteiger partial charge < -0.3 is 9.47 Å². The van der Waals surface area contributed by atoms with Crippen LogP contribution in [-0.2, 0) is 6.42 Å². The molecule has 1 heterocycles. The Hall–Kier alpha value is -2.62. The van der Waals surface area contributed by atoms with Gasteiger partial charge in [0.25, 0.3) is 0 Å². The maximum atomic E-state index is 12.6. The van der Waals surface area contributed by atoms with Crippen LogP contribution < -0.4 is 9.47 Å². The van der Waals surface area contributed by atoms with Crippen molar-refractivity contribution >= 4 is 11.9 Å². The van der Waals surface area contributed by atoms with Gasteiger partial charge in [-0.05, 0) is 54.3 Å². The van der Waals surface area contributed by atoms with E-state index >= 15 is 0 Å². The molecule has 0 N–H and O–H groups in total. The molecule has 4 nitrogen and oxygen atoms in total. The van der Waals surface area contributed by atoms with Crippen LogP contribution in [0.15, 0.2) is 42.1 Å². The molecule has 1 aromatic carbocycles. The highest BCUT2D eigenvalue weighted by molar-refractivity contribution is 6.13. The van der Waals surface area contributed by atoms with Gasteiger partial charge in [0.1, 0.15) is 5.75 Å². The highest BCUT2D eigenvalue weighted by Crippen LogP contribution is 2.29. The van der Waals surface area contributed by atoms with Gasteiger partial charge in [0.05, 0.1) is 14.2 Å². The van der Waals surface area contributed by atoms with Crippen LogP contribution >= 0.6 is 0 Å². The van der Waals surface area contributed by atoms with Crippen LogP contribution in [-0.4, -0.2) is 25.0 Å². The number of hydrogen-bond acceptors (Lipinski definition) is 4. The monoisotopic (exact) mass is 295 g/mol. The highest BCUT2D eigenvalue weighted by Gasteiger charge is 2.22. The molecule has 0 amide bonds. The number of ether oxygens (including phenoxy) is 2. The van der Waals surface area contributed by atoms with Crippen molar-refractivity contribution in [1.29, 1.82) is 0 Å². The molecule has 0 atom stereocenters. The van der Waals surface area contributed by atoms with Crippen molar-refractivity contribution in [1.82, 2.24) is 4.98 Å². The SMILES string of the molecule is COc1ccc2c(c1)CCC(=Cc1ccc(OC)nc1)C2=O. The lowest BCUT2D eigenvalue weighted by atomic mass is 9.86. The second-order valence-electron chi connectivity index (χ2n) is 5.16. The zero-order valence-electron chi connectivity index (χ0n) is 12.6. The molecule has 0 saturated heterocycles. The Bertz CT molecular complexity index is 732. The van der Waals surface area contributed by atoms with E-state index in [1.807, 2.05) is 30.3 Å². The van der Waals surface area contributed by atoms with Gasteiger partial charge in [-0.2, -0.15) is 0 Å². The van der Waals surface area contributed by atoms with Crippen molar-refractivity contribution in [2.24, 2.45) is 0 Å². The molecule has 1 aromatic heterocycles. The highest BCUT2D eigenvalue weighted by atomic mass is 16.5. The second-order valence-corrected chi connectivity index (χ2v) is 5.16. The maximum Gasteiger partial charge on any atom is 0.212 e. The number of carbonyl (C=O) groups is 1. The van der Waals surface area contributed by atoms with Crippen LogP contribution in [0.3, 0.4) is 0 Å². The molecule has 1 aliphatic rings. The van der Waals surface area contributed by atoms with Crippen LogP contribution in [0.25, 0.3) is 6.08 Å². The lowest BCUT2D eigenvalue weighted by molar-refractivity contribution is 0.102. The van der Waals surface area contributed by atoms with Gasteiger partial charge >= 0.3 is 0 Å².